The van der Waals surface area contributed by atoms with Gasteiger partial charge in [0.05, 0.1) is 0 Å². The maximum atomic E-state index is 8.55. The van der Waals surface area contributed by atoms with Crippen molar-refractivity contribution in [2.24, 2.45) is 0 Å². The van der Waals surface area contributed by atoms with Crippen molar-refractivity contribution >= 4 is 0 Å². The molecule has 0 aromatic heterocycles. The van der Waals surface area contributed by atoms with Gasteiger partial charge in [0.1, 0.15) is 0 Å². The number of rotatable bonds is 0. The molecule has 0 rings (SSSR count). The Morgan fingerprint density at radius 2 is 1.83 bits per heavy atom. The second-order valence-corrected chi connectivity index (χ2v) is 0.566. The molecule has 4 heteroatoms. The quantitative estimate of drug-likeness (QED) is 0.449. The first kappa shape index (κ1) is 9.54. The molecule has 0 aliphatic carbocycles. The van der Waals surface area contributed by atoms with Gasteiger partial charge in [0.15, 0.2) is 0 Å². The molecule has 39 valence electrons. The van der Waals surface area contributed by atoms with E-state index in [4.69, 9.17) is 13.1 Å². The fraction of sp³-hybridized carbons (Fsp3) is 0.500. The van der Waals surface area contributed by atoms with Crippen molar-refractivity contribution < 1.29 is 28.6 Å². The second kappa shape index (κ2) is 18.7. The molecular formula is C2H6CrO3-. The molecule has 0 aliphatic rings. The molecule has 0 spiro atoms. The van der Waals surface area contributed by atoms with E-state index < -0.39 is 15.5 Å². The Labute approximate surface area is 42.9 Å². The number of aliphatic hydroxyl groups is 1. The van der Waals surface area contributed by atoms with Crippen LogP contribution in [0.25, 0.3) is 0 Å². The van der Waals surface area contributed by atoms with E-state index in [1.165, 1.54) is 0 Å². The minimum absolute atomic E-state index is 1.00. The van der Waals surface area contributed by atoms with Crippen LogP contribution in [0.4, 0.5) is 0 Å². The molecule has 2 N–H and O–H groups in total. The van der Waals surface area contributed by atoms with Gasteiger partial charge in [-0.2, -0.15) is 6.92 Å². The molecule has 6 heavy (non-hydrogen) atoms. The third kappa shape index (κ3) is 706. The second-order valence-electron chi connectivity index (χ2n) is 0.333. The first-order chi connectivity index (χ1) is 2.83. The molecule has 3 nitrogen and oxygen atoms in total. The van der Waals surface area contributed by atoms with Crippen LogP contribution in [0.15, 0.2) is 0 Å². The third-order valence-corrected chi connectivity index (χ3v) is 0. The van der Waals surface area contributed by atoms with Crippen molar-refractivity contribution in [2.75, 3.05) is 0 Å². The van der Waals surface area contributed by atoms with E-state index in [1.54, 1.807) is 6.92 Å². The summed E-state index contributed by atoms with van der Waals surface area (Å²) < 4.78 is 15.6. The van der Waals surface area contributed by atoms with Crippen molar-refractivity contribution in [3.63, 3.8) is 0 Å². The summed E-state index contributed by atoms with van der Waals surface area (Å²) in [7, 11) is 0. The van der Waals surface area contributed by atoms with Crippen LogP contribution < -0.4 is 0 Å². The zero-order valence-corrected chi connectivity index (χ0v) is 4.56. The van der Waals surface area contributed by atoms with Crippen molar-refractivity contribution in [1.82, 2.24) is 0 Å². The summed E-state index contributed by atoms with van der Waals surface area (Å²) in [5.41, 5.74) is 0. The van der Waals surface area contributed by atoms with Crippen LogP contribution in [0.1, 0.15) is 6.92 Å². The number of hydrogen-bond acceptors (Lipinski definition) is 2. The Kier molecular flexibility index (Phi) is 29.8. The van der Waals surface area contributed by atoms with E-state index in [1.807, 2.05) is 0 Å². The Morgan fingerprint density at radius 3 is 1.83 bits per heavy atom. The molecule has 0 aromatic rings. The molecule has 0 unspecified atom stereocenters. The predicted octanol–water partition coefficient (Wildman–Crippen LogP) is -0.138. The summed E-state index contributed by atoms with van der Waals surface area (Å²) in [6.07, 6.45) is 0. The summed E-state index contributed by atoms with van der Waals surface area (Å²) in [4.78, 5) is 0. The predicted molar refractivity (Wildman–Crippen MR) is 14.8 cm³/mol. The Balaban J connectivity index is 0. The van der Waals surface area contributed by atoms with Gasteiger partial charge in [-0.25, -0.2) is 6.61 Å². The van der Waals surface area contributed by atoms with Crippen LogP contribution in [0.5, 0.6) is 0 Å². The normalized spacial score (nSPS) is 5.17. The summed E-state index contributed by atoms with van der Waals surface area (Å²) in [5.74, 6) is 0. The first-order valence-electron chi connectivity index (χ1n) is 1.18. The van der Waals surface area contributed by atoms with Crippen LogP contribution in [-0.2, 0) is 19.3 Å². The summed E-state index contributed by atoms with van der Waals surface area (Å²) in [5, 5.41) is 7.44. The van der Waals surface area contributed by atoms with Crippen molar-refractivity contribution in [1.29, 1.82) is 0 Å². The van der Waals surface area contributed by atoms with Crippen molar-refractivity contribution in [3.8, 4) is 0 Å². The molecule has 0 saturated carbocycles. The zero-order valence-electron chi connectivity index (χ0n) is 3.29. The van der Waals surface area contributed by atoms with Gasteiger partial charge < -0.3 is 5.11 Å². The molecule has 0 amide bonds. The van der Waals surface area contributed by atoms with Gasteiger partial charge >= 0.3 is 23.4 Å². The van der Waals surface area contributed by atoms with Gasteiger partial charge in [-0.1, -0.05) is 0 Å². The summed E-state index contributed by atoms with van der Waals surface area (Å²) >= 11 is -1.38. The average Bonchev–Trinajstić information content (AvgIpc) is 1.39. The van der Waals surface area contributed by atoms with E-state index in [-0.39, 0.29) is 0 Å². The molecule has 0 aliphatic heterocycles. The van der Waals surface area contributed by atoms with Gasteiger partial charge in [0.25, 0.3) is 0 Å². The van der Waals surface area contributed by atoms with Crippen LogP contribution in [0, 0.1) is 6.61 Å². The standard InChI is InChI=1S/C2H5O.Cr.H2O.O/c1-2-3;;;/h2-3H,1H3;;1H2;/q-1;+1;;/p-1. The third-order valence-electron chi connectivity index (χ3n) is 0. The van der Waals surface area contributed by atoms with Gasteiger partial charge in [-0.15, -0.1) is 0 Å². The van der Waals surface area contributed by atoms with Crippen molar-refractivity contribution in [2.45, 2.75) is 6.92 Å². The van der Waals surface area contributed by atoms with E-state index in [9.17, 15) is 0 Å². The van der Waals surface area contributed by atoms with Gasteiger partial charge in [0.2, 0.25) is 0 Å². The molecule has 0 atom stereocenters. The molecule has 0 fully saturated rings. The summed E-state index contributed by atoms with van der Waals surface area (Å²) in [6, 6.07) is 0. The van der Waals surface area contributed by atoms with Crippen LogP contribution >= 0.6 is 0 Å². The Hall–Kier alpha value is 0.252. The molecule has 0 heterocycles. The van der Waals surface area contributed by atoms with Gasteiger partial charge in [-0.05, 0) is 0 Å². The van der Waals surface area contributed by atoms with Gasteiger partial charge in [0, 0.05) is 0 Å². The van der Waals surface area contributed by atoms with Crippen LogP contribution in [0.3, 0.4) is 0 Å². The molecular weight excluding hydrogens is 124 g/mol. The SMILES string of the molecule is C[CH-]O.[O]=[Cr][OH]. The topological polar surface area (TPSA) is 57.5 Å². The zero-order chi connectivity index (χ0) is 5.41. The van der Waals surface area contributed by atoms with Gasteiger partial charge in [-0.3, -0.25) is 0 Å². The average molecular weight is 130 g/mol. The Morgan fingerprint density at radius 1 is 1.83 bits per heavy atom. The monoisotopic (exact) mass is 130 g/mol. The Bertz CT molecular complexity index is 22.8. The van der Waals surface area contributed by atoms with E-state index >= 15 is 0 Å². The van der Waals surface area contributed by atoms with Crippen LogP contribution in [0.2, 0.25) is 0 Å². The minimum atomic E-state index is -1.38. The molecule has 0 aromatic carbocycles. The fourth-order valence-corrected chi connectivity index (χ4v) is 0. The summed E-state index contributed by atoms with van der Waals surface area (Å²) in [6.45, 7) is 2.56. The number of aliphatic hydroxyl groups excluding tert-OH is 1. The first-order valence-corrected chi connectivity index (χ1v) is 2.28. The van der Waals surface area contributed by atoms with E-state index in [0.717, 1.165) is 6.61 Å². The van der Waals surface area contributed by atoms with Crippen LogP contribution in [-0.4, -0.2) is 9.26 Å². The molecule has 0 bridgehead atoms. The van der Waals surface area contributed by atoms with E-state index in [2.05, 4.69) is 0 Å². The number of hydrogen-bond donors (Lipinski definition) is 2. The molecule has 0 radical (unpaired) electrons. The fourth-order valence-electron chi connectivity index (χ4n) is 0. The van der Waals surface area contributed by atoms with E-state index in [0.29, 0.717) is 0 Å². The van der Waals surface area contributed by atoms with Crippen molar-refractivity contribution in [3.05, 3.63) is 6.61 Å². The molecule has 0 saturated heterocycles. The maximum absolute atomic E-state index is 8.55.